The van der Waals surface area contributed by atoms with Crippen LogP contribution in [0.1, 0.15) is 45.2 Å². The maximum absolute atomic E-state index is 6.71. The Morgan fingerprint density at radius 2 is 1.92 bits per heavy atom. The molecule has 0 heterocycles. The van der Waals surface area contributed by atoms with Crippen molar-refractivity contribution in [2.45, 2.75) is 77.6 Å². The Morgan fingerprint density at radius 3 is 2.44 bits per heavy atom. The fourth-order valence-corrected chi connectivity index (χ4v) is 8.65. The highest BCUT2D eigenvalue weighted by atomic mass is 28.4. The van der Waals surface area contributed by atoms with Crippen molar-refractivity contribution >= 4 is 32.5 Å². The summed E-state index contributed by atoms with van der Waals surface area (Å²) >= 11 is 0. The van der Waals surface area contributed by atoms with Gasteiger partial charge in [-0.3, -0.25) is 5.32 Å². The molecule has 0 amide bonds. The van der Waals surface area contributed by atoms with Crippen molar-refractivity contribution < 1.29 is 4.43 Å². The SMILES string of the molecule is C=C[SiH2]C(NC(CC)[SiH2]c1cccc(C)c1C)O[Si](C)(C)C(C)(C)C. The second-order valence-electron chi connectivity index (χ2n) is 8.73. The van der Waals surface area contributed by atoms with Crippen LogP contribution in [0.25, 0.3) is 0 Å². The summed E-state index contributed by atoms with van der Waals surface area (Å²) in [4.78, 5) is 0. The zero-order valence-corrected chi connectivity index (χ0v) is 21.5. The van der Waals surface area contributed by atoms with Crippen LogP contribution in [0.5, 0.6) is 0 Å². The van der Waals surface area contributed by atoms with Gasteiger partial charge in [0, 0.05) is 5.67 Å². The summed E-state index contributed by atoms with van der Waals surface area (Å²) < 4.78 is 6.71. The lowest BCUT2D eigenvalue weighted by Gasteiger charge is -2.40. The molecule has 2 unspecified atom stereocenters. The highest BCUT2D eigenvalue weighted by molar-refractivity contribution is 6.74. The lowest BCUT2D eigenvalue weighted by Crippen LogP contribution is -2.54. The van der Waals surface area contributed by atoms with Gasteiger partial charge in [0.15, 0.2) is 8.32 Å². The van der Waals surface area contributed by atoms with E-state index in [0.29, 0.717) is 5.67 Å². The number of rotatable bonds is 9. The van der Waals surface area contributed by atoms with Crippen LogP contribution < -0.4 is 10.5 Å². The molecule has 1 N–H and O–H groups in total. The number of nitrogens with one attached hydrogen (secondary N) is 1. The molecule has 0 aromatic heterocycles. The normalized spacial score (nSPS) is 16.0. The van der Waals surface area contributed by atoms with Crippen molar-refractivity contribution in [3.05, 3.63) is 41.6 Å². The second-order valence-corrected chi connectivity index (χ2v) is 17.4. The Labute approximate surface area is 161 Å². The van der Waals surface area contributed by atoms with Gasteiger partial charge in [0.2, 0.25) is 0 Å². The van der Waals surface area contributed by atoms with Gasteiger partial charge in [0.25, 0.3) is 0 Å². The molecule has 1 rings (SSSR count). The molecule has 0 aliphatic heterocycles. The van der Waals surface area contributed by atoms with Crippen LogP contribution >= 0.6 is 0 Å². The van der Waals surface area contributed by atoms with Gasteiger partial charge in [0.1, 0.15) is 0 Å². The smallest absolute Gasteiger partial charge is 0.193 e. The molecule has 5 heteroatoms. The average Bonchev–Trinajstić information content (AvgIpc) is 2.49. The van der Waals surface area contributed by atoms with E-state index >= 15 is 0 Å². The Morgan fingerprint density at radius 1 is 1.28 bits per heavy atom. The van der Waals surface area contributed by atoms with Gasteiger partial charge < -0.3 is 4.43 Å². The molecule has 0 bridgehead atoms. The van der Waals surface area contributed by atoms with Crippen LogP contribution in [0.2, 0.25) is 18.1 Å². The van der Waals surface area contributed by atoms with Crippen LogP contribution in [-0.4, -0.2) is 38.9 Å². The molecule has 1 aromatic carbocycles. The molecule has 0 radical (unpaired) electrons. The van der Waals surface area contributed by atoms with Gasteiger partial charge in [-0.25, -0.2) is 0 Å². The van der Waals surface area contributed by atoms with E-state index in [4.69, 9.17) is 4.43 Å². The Kier molecular flexibility index (Phi) is 8.54. The van der Waals surface area contributed by atoms with Crippen molar-refractivity contribution in [3.8, 4) is 0 Å². The molecule has 0 aliphatic rings. The number of benzene rings is 1. The predicted molar refractivity (Wildman–Crippen MR) is 122 cm³/mol. The van der Waals surface area contributed by atoms with Gasteiger partial charge >= 0.3 is 0 Å². The first-order valence-electron chi connectivity index (χ1n) is 9.61. The van der Waals surface area contributed by atoms with E-state index < -0.39 is 17.8 Å². The van der Waals surface area contributed by atoms with Gasteiger partial charge in [0.05, 0.1) is 24.9 Å². The third kappa shape index (κ3) is 6.64. The predicted octanol–water partition coefficient (Wildman–Crippen LogP) is 3.04. The number of hydrogen-bond donors (Lipinski definition) is 1. The summed E-state index contributed by atoms with van der Waals surface area (Å²) in [6.07, 6.45) is 1.17. The number of hydrogen-bond acceptors (Lipinski definition) is 2. The minimum Gasteiger partial charge on any atom is -0.405 e. The molecule has 0 spiro atoms. The molecule has 0 saturated carbocycles. The number of aryl methyl sites for hydroxylation is 1. The third-order valence-electron chi connectivity index (χ3n) is 5.72. The minimum absolute atomic E-state index is 0.223. The fourth-order valence-electron chi connectivity index (χ4n) is 2.72. The highest BCUT2D eigenvalue weighted by Gasteiger charge is 2.39. The van der Waals surface area contributed by atoms with Crippen LogP contribution in [0.3, 0.4) is 0 Å². The van der Waals surface area contributed by atoms with Crippen molar-refractivity contribution in [2.75, 3.05) is 0 Å². The van der Waals surface area contributed by atoms with Crippen LogP contribution in [0, 0.1) is 13.8 Å². The van der Waals surface area contributed by atoms with E-state index in [1.165, 1.54) is 17.5 Å². The maximum atomic E-state index is 6.71. The summed E-state index contributed by atoms with van der Waals surface area (Å²) in [7, 11) is -2.61. The molecule has 0 saturated heterocycles. The van der Waals surface area contributed by atoms with Crippen LogP contribution in [0.4, 0.5) is 0 Å². The van der Waals surface area contributed by atoms with E-state index in [1.54, 1.807) is 5.19 Å². The molecule has 1 aromatic rings. The van der Waals surface area contributed by atoms with Gasteiger partial charge in [-0.2, -0.15) is 0 Å². The monoisotopic (exact) mass is 393 g/mol. The molecular formula is C20H39NOSi3. The van der Waals surface area contributed by atoms with Crippen molar-refractivity contribution in [1.29, 1.82) is 0 Å². The molecule has 0 aliphatic carbocycles. The minimum atomic E-state index is -1.76. The van der Waals surface area contributed by atoms with Gasteiger partial charge in [-0.15, -0.1) is 12.3 Å². The van der Waals surface area contributed by atoms with Crippen molar-refractivity contribution in [3.63, 3.8) is 0 Å². The van der Waals surface area contributed by atoms with Crippen molar-refractivity contribution in [1.82, 2.24) is 5.32 Å². The van der Waals surface area contributed by atoms with Gasteiger partial charge in [-0.05, 0) is 49.5 Å². The summed E-state index contributed by atoms with van der Waals surface area (Å²) in [6.45, 7) is 22.4. The van der Waals surface area contributed by atoms with E-state index in [-0.39, 0.29) is 20.4 Å². The van der Waals surface area contributed by atoms with E-state index in [2.05, 4.69) is 90.4 Å². The van der Waals surface area contributed by atoms with Gasteiger partial charge in [-0.1, -0.05) is 51.1 Å². The second kappa shape index (κ2) is 9.46. The summed E-state index contributed by atoms with van der Waals surface area (Å²) in [5, 5.41) is 5.73. The Balaban J connectivity index is 2.87. The highest BCUT2D eigenvalue weighted by Crippen LogP contribution is 2.37. The maximum Gasteiger partial charge on any atom is 0.193 e. The zero-order valence-electron chi connectivity index (χ0n) is 17.7. The summed E-state index contributed by atoms with van der Waals surface area (Å²) in [5.74, 6) is 0.223. The van der Waals surface area contributed by atoms with E-state index in [0.717, 1.165) is 0 Å². The zero-order chi connectivity index (χ0) is 19.3. The molecule has 142 valence electrons. The molecular weight excluding hydrogens is 354 g/mol. The summed E-state index contributed by atoms with van der Waals surface area (Å²) in [6, 6.07) is 6.75. The molecule has 2 atom stereocenters. The Hall–Kier alpha value is -0.469. The largest absolute Gasteiger partial charge is 0.405 e. The standard InChI is InChI=1S/C20H39NOSi3/c1-10-18(24-17-14-12-13-15(3)16(17)4)21-19(23-11-2)22-25(8,9)20(5,6)7/h11-14,18-19,21H,2,10,23-24H2,1,3-9H3. The van der Waals surface area contributed by atoms with Crippen molar-refractivity contribution in [2.24, 2.45) is 0 Å². The van der Waals surface area contributed by atoms with Crippen LogP contribution in [0.15, 0.2) is 30.5 Å². The van der Waals surface area contributed by atoms with Crippen LogP contribution in [-0.2, 0) is 4.43 Å². The average molecular weight is 394 g/mol. The topological polar surface area (TPSA) is 21.3 Å². The third-order valence-corrected chi connectivity index (χ3v) is 14.2. The van der Waals surface area contributed by atoms with E-state index in [1.807, 2.05) is 0 Å². The summed E-state index contributed by atoms with van der Waals surface area (Å²) in [5.41, 5.74) is 5.60. The quantitative estimate of drug-likeness (QED) is 0.514. The first-order chi connectivity index (χ1) is 11.5. The lowest BCUT2D eigenvalue weighted by molar-refractivity contribution is 0.211. The Bertz CT molecular complexity index is 567. The lowest BCUT2D eigenvalue weighted by atomic mass is 10.1. The first kappa shape index (κ1) is 22.6. The van der Waals surface area contributed by atoms with E-state index in [9.17, 15) is 0 Å². The first-order valence-corrected chi connectivity index (χ1v) is 15.7. The molecule has 2 nitrogen and oxygen atoms in total. The molecule has 0 fully saturated rings. The fraction of sp³-hybridized carbons (Fsp3) is 0.600. The molecule has 25 heavy (non-hydrogen) atoms.